The molecule has 2 atom stereocenters. The summed E-state index contributed by atoms with van der Waals surface area (Å²) in [6.45, 7) is 0. The Bertz CT molecular complexity index is 456. The first-order chi connectivity index (χ1) is 9.15. The first kappa shape index (κ1) is 13.7. The van der Waals surface area contributed by atoms with Crippen LogP contribution < -0.4 is 5.32 Å². The van der Waals surface area contributed by atoms with Gasteiger partial charge in [-0.25, -0.2) is 4.39 Å². The van der Waals surface area contributed by atoms with Crippen molar-refractivity contribution in [1.82, 2.24) is 5.32 Å². The Morgan fingerprint density at radius 1 is 1.26 bits per heavy atom. The molecule has 2 rings (SSSR count). The van der Waals surface area contributed by atoms with Crippen LogP contribution in [0.25, 0.3) is 6.08 Å². The van der Waals surface area contributed by atoms with Gasteiger partial charge >= 0.3 is 0 Å². The fraction of sp³-hybridized carbons (Fsp3) is 0.400. The second-order valence-electron chi connectivity index (χ2n) is 4.85. The topological polar surface area (TPSA) is 49.3 Å². The van der Waals surface area contributed by atoms with Crippen molar-refractivity contribution in [3.63, 3.8) is 0 Å². The number of hydrogen-bond donors (Lipinski definition) is 2. The van der Waals surface area contributed by atoms with Gasteiger partial charge in [-0.3, -0.25) is 4.79 Å². The van der Waals surface area contributed by atoms with Gasteiger partial charge in [-0.2, -0.15) is 0 Å². The molecule has 3 nitrogen and oxygen atoms in total. The number of aliphatic hydroxyl groups is 1. The quantitative estimate of drug-likeness (QED) is 0.822. The molecule has 0 saturated heterocycles. The number of benzene rings is 1. The second kappa shape index (κ2) is 6.48. The first-order valence-corrected chi connectivity index (χ1v) is 6.57. The average Bonchev–Trinajstić information content (AvgIpc) is 2.41. The summed E-state index contributed by atoms with van der Waals surface area (Å²) in [6, 6.07) is 5.76. The number of amides is 1. The third kappa shape index (κ3) is 4.17. The fourth-order valence-corrected chi connectivity index (χ4v) is 2.26. The van der Waals surface area contributed by atoms with Crippen molar-refractivity contribution in [3.8, 4) is 0 Å². The Kier molecular flexibility index (Phi) is 4.68. The van der Waals surface area contributed by atoms with E-state index in [-0.39, 0.29) is 17.8 Å². The number of hydrogen-bond acceptors (Lipinski definition) is 2. The normalized spacial score (nSPS) is 23.5. The number of halogens is 1. The van der Waals surface area contributed by atoms with Gasteiger partial charge < -0.3 is 10.4 Å². The summed E-state index contributed by atoms with van der Waals surface area (Å²) < 4.78 is 12.7. The van der Waals surface area contributed by atoms with Crippen LogP contribution in [-0.4, -0.2) is 23.2 Å². The summed E-state index contributed by atoms with van der Waals surface area (Å²) in [5.74, 6) is -0.526. The summed E-state index contributed by atoms with van der Waals surface area (Å²) in [5, 5.41) is 12.6. The Balaban J connectivity index is 1.88. The number of rotatable bonds is 3. The second-order valence-corrected chi connectivity index (χ2v) is 4.85. The van der Waals surface area contributed by atoms with E-state index in [4.69, 9.17) is 0 Å². The maximum atomic E-state index is 12.7. The minimum absolute atomic E-state index is 0.154. The van der Waals surface area contributed by atoms with E-state index in [0.717, 1.165) is 31.2 Å². The van der Waals surface area contributed by atoms with Gasteiger partial charge in [-0.15, -0.1) is 0 Å². The van der Waals surface area contributed by atoms with Crippen molar-refractivity contribution in [3.05, 3.63) is 41.7 Å². The van der Waals surface area contributed by atoms with E-state index in [2.05, 4.69) is 5.32 Å². The number of carbonyl (C=O) groups is 1. The smallest absolute Gasteiger partial charge is 0.244 e. The predicted molar refractivity (Wildman–Crippen MR) is 71.8 cm³/mol. The molecule has 2 N–H and O–H groups in total. The maximum Gasteiger partial charge on any atom is 0.244 e. The summed E-state index contributed by atoms with van der Waals surface area (Å²) in [6.07, 6.45) is 6.20. The lowest BCUT2D eigenvalue weighted by atomic mass is 9.92. The van der Waals surface area contributed by atoms with E-state index in [1.807, 2.05) is 0 Å². The number of nitrogens with one attached hydrogen (secondary N) is 1. The zero-order valence-corrected chi connectivity index (χ0v) is 10.7. The Labute approximate surface area is 112 Å². The highest BCUT2D eigenvalue weighted by Gasteiger charge is 2.23. The molecule has 1 aromatic rings. The van der Waals surface area contributed by atoms with E-state index in [1.54, 1.807) is 18.2 Å². The molecule has 1 aliphatic rings. The molecule has 0 radical (unpaired) electrons. The molecule has 0 bridgehead atoms. The molecule has 102 valence electrons. The minimum Gasteiger partial charge on any atom is -0.391 e. The Morgan fingerprint density at radius 2 is 1.95 bits per heavy atom. The van der Waals surface area contributed by atoms with Gasteiger partial charge in [0.05, 0.1) is 12.1 Å². The van der Waals surface area contributed by atoms with E-state index < -0.39 is 6.10 Å². The molecule has 4 heteroatoms. The molecule has 1 amide bonds. The van der Waals surface area contributed by atoms with Crippen LogP contribution in [0, 0.1) is 5.82 Å². The van der Waals surface area contributed by atoms with E-state index >= 15 is 0 Å². The van der Waals surface area contributed by atoms with E-state index in [0.29, 0.717) is 0 Å². The molecule has 1 saturated carbocycles. The zero-order valence-electron chi connectivity index (χ0n) is 10.7. The highest BCUT2D eigenvalue weighted by atomic mass is 19.1. The lowest BCUT2D eigenvalue weighted by molar-refractivity contribution is -0.118. The molecule has 1 aliphatic carbocycles. The van der Waals surface area contributed by atoms with Gasteiger partial charge in [0.15, 0.2) is 0 Å². The van der Waals surface area contributed by atoms with Crippen molar-refractivity contribution in [2.24, 2.45) is 0 Å². The maximum absolute atomic E-state index is 12.7. The summed E-state index contributed by atoms with van der Waals surface area (Å²) in [5.41, 5.74) is 0.765. The van der Waals surface area contributed by atoms with Crippen molar-refractivity contribution in [1.29, 1.82) is 0 Å². The van der Waals surface area contributed by atoms with Gasteiger partial charge in [0, 0.05) is 6.08 Å². The van der Waals surface area contributed by atoms with Crippen LogP contribution in [0.15, 0.2) is 30.3 Å². The predicted octanol–water partition coefficient (Wildman–Crippen LogP) is 2.26. The SMILES string of the molecule is O=C(C=Cc1ccc(F)cc1)NC1CCCCC1O. The molecular formula is C15H18FNO2. The molecule has 0 aromatic heterocycles. The van der Waals surface area contributed by atoms with Crippen LogP contribution in [0.4, 0.5) is 4.39 Å². The first-order valence-electron chi connectivity index (χ1n) is 6.57. The number of carbonyl (C=O) groups excluding carboxylic acids is 1. The minimum atomic E-state index is -0.447. The summed E-state index contributed by atoms with van der Waals surface area (Å²) >= 11 is 0. The van der Waals surface area contributed by atoms with Gasteiger partial charge in [-0.05, 0) is 36.6 Å². The molecule has 0 aliphatic heterocycles. The zero-order chi connectivity index (χ0) is 13.7. The highest BCUT2D eigenvalue weighted by Crippen LogP contribution is 2.18. The summed E-state index contributed by atoms with van der Waals surface area (Å²) in [4.78, 5) is 11.7. The Morgan fingerprint density at radius 3 is 2.63 bits per heavy atom. The van der Waals surface area contributed by atoms with Gasteiger partial charge in [0.25, 0.3) is 0 Å². The van der Waals surface area contributed by atoms with Crippen molar-refractivity contribution < 1.29 is 14.3 Å². The van der Waals surface area contributed by atoms with Crippen LogP contribution in [0.2, 0.25) is 0 Å². The van der Waals surface area contributed by atoms with Crippen molar-refractivity contribution in [2.75, 3.05) is 0 Å². The molecule has 19 heavy (non-hydrogen) atoms. The van der Waals surface area contributed by atoms with E-state index in [1.165, 1.54) is 18.2 Å². The van der Waals surface area contributed by atoms with Gasteiger partial charge in [0.2, 0.25) is 5.91 Å². The third-order valence-electron chi connectivity index (χ3n) is 3.35. The molecule has 1 fully saturated rings. The third-order valence-corrected chi connectivity index (χ3v) is 3.35. The van der Waals surface area contributed by atoms with Crippen LogP contribution in [-0.2, 0) is 4.79 Å². The Hall–Kier alpha value is -1.68. The summed E-state index contributed by atoms with van der Waals surface area (Å²) in [7, 11) is 0. The molecule has 1 aromatic carbocycles. The highest BCUT2D eigenvalue weighted by molar-refractivity contribution is 5.91. The number of aliphatic hydroxyl groups excluding tert-OH is 1. The molecular weight excluding hydrogens is 245 g/mol. The lowest BCUT2D eigenvalue weighted by Crippen LogP contribution is -2.44. The molecule has 0 spiro atoms. The van der Waals surface area contributed by atoms with Crippen LogP contribution in [0.1, 0.15) is 31.2 Å². The van der Waals surface area contributed by atoms with Crippen molar-refractivity contribution in [2.45, 2.75) is 37.8 Å². The molecule has 0 heterocycles. The van der Waals surface area contributed by atoms with E-state index in [9.17, 15) is 14.3 Å². The van der Waals surface area contributed by atoms with Crippen LogP contribution in [0.3, 0.4) is 0 Å². The fourth-order valence-electron chi connectivity index (χ4n) is 2.26. The molecule has 2 unspecified atom stereocenters. The van der Waals surface area contributed by atoms with Crippen LogP contribution in [0.5, 0.6) is 0 Å². The monoisotopic (exact) mass is 263 g/mol. The lowest BCUT2D eigenvalue weighted by Gasteiger charge is -2.27. The van der Waals surface area contributed by atoms with Crippen molar-refractivity contribution >= 4 is 12.0 Å². The van der Waals surface area contributed by atoms with Crippen LogP contribution >= 0.6 is 0 Å². The standard InChI is InChI=1S/C15H18FNO2/c16-12-8-5-11(6-9-12)7-10-15(19)17-13-3-1-2-4-14(13)18/h5-10,13-14,18H,1-4H2,(H,17,19). The largest absolute Gasteiger partial charge is 0.391 e. The average molecular weight is 263 g/mol. The van der Waals surface area contributed by atoms with Gasteiger partial charge in [-0.1, -0.05) is 25.0 Å². The van der Waals surface area contributed by atoms with Gasteiger partial charge in [0.1, 0.15) is 5.82 Å².